The molecule has 1 aromatic carbocycles. The summed E-state index contributed by atoms with van der Waals surface area (Å²) < 4.78 is 2.20. The van der Waals surface area contributed by atoms with Crippen molar-refractivity contribution in [3.05, 3.63) is 66.0 Å². The van der Waals surface area contributed by atoms with E-state index in [9.17, 15) is 0 Å². The standard InChI is InChI=1S/C16H20NO/c18-14-4-7-16-9-12-17(13-10-16)11-8-15-5-2-1-3-6-15/h1-3,5-6,9-10,12-13,18H,4,7-8,11,14H2/q+1. The number of nitrogens with zero attached hydrogens (tertiary/aromatic N) is 1. The van der Waals surface area contributed by atoms with E-state index >= 15 is 0 Å². The molecule has 0 aliphatic carbocycles. The second-order valence-electron chi connectivity index (χ2n) is 4.51. The molecule has 0 saturated carbocycles. The van der Waals surface area contributed by atoms with Crippen LogP contribution in [0.1, 0.15) is 17.5 Å². The zero-order valence-corrected chi connectivity index (χ0v) is 10.6. The van der Waals surface area contributed by atoms with Crippen molar-refractivity contribution < 1.29 is 9.67 Å². The van der Waals surface area contributed by atoms with Crippen LogP contribution in [0.2, 0.25) is 0 Å². The minimum Gasteiger partial charge on any atom is -0.396 e. The van der Waals surface area contributed by atoms with Gasteiger partial charge in [0.1, 0.15) is 0 Å². The van der Waals surface area contributed by atoms with Crippen LogP contribution in [0.15, 0.2) is 54.9 Å². The van der Waals surface area contributed by atoms with Crippen molar-refractivity contribution in [1.29, 1.82) is 0 Å². The Balaban J connectivity index is 1.86. The van der Waals surface area contributed by atoms with E-state index in [0.717, 1.165) is 25.8 Å². The number of hydrogen-bond donors (Lipinski definition) is 1. The van der Waals surface area contributed by atoms with Crippen LogP contribution < -0.4 is 4.57 Å². The summed E-state index contributed by atoms with van der Waals surface area (Å²) >= 11 is 0. The normalized spacial score (nSPS) is 10.5. The molecule has 0 aliphatic heterocycles. The molecule has 1 aromatic heterocycles. The van der Waals surface area contributed by atoms with Gasteiger partial charge in [0.05, 0.1) is 0 Å². The van der Waals surface area contributed by atoms with Crippen LogP contribution in [0.4, 0.5) is 0 Å². The largest absolute Gasteiger partial charge is 0.396 e. The zero-order valence-electron chi connectivity index (χ0n) is 10.6. The Morgan fingerprint density at radius 1 is 0.833 bits per heavy atom. The van der Waals surface area contributed by atoms with Crippen LogP contribution in [0.5, 0.6) is 0 Å². The number of pyridine rings is 1. The Labute approximate surface area is 109 Å². The number of aromatic nitrogens is 1. The average Bonchev–Trinajstić information content (AvgIpc) is 2.45. The van der Waals surface area contributed by atoms with Crippen molar-refractivity contribution in [2.45, 2.75) is 25.8 Å². The van der Waals surface area contributed by atoms with E-state index in [2.05, 4.69) is 53.4 Å². The van der Waals surface area contributed by atoms with Gasteiger partial charge in [-0.1, -0.05) is 30.3 Å². The molecule has 0 unspecified atom stereocenters. The van der Waals surface area contributed by atoms with Gasteiger partial charge in [0.15, 0.2) is 18.9 Å². The molecule has 0 amide bonds. The number of aliphatic hydroxyl groups excluding tert-OH is 1. The predicted octanol–water partition coefficient (Wildman–Crippen LogP) is 2.14. The zero-order chi connectivity index (χ0) is 12.6. The fourth-order valence-electron chi connectivity index (χ4n) is 1.99. The first-order valence-corrected chi connectivity index (χ1v) is 6.51. The molecule has 1 N–H and O–H groups in total. The van der Waals surface area contributed by atoms with Gasteiger partial charge in [-0.2, -0.15) is 0 Å². The topological polar surface area (TPSA) is 24.1 Å². The van der Waals surface area contributed by atoms with Crippen molar-refractivity contribution in [2.24, 2.45) is 0 Å². The second-order valence-corrected chi connectivity index (χ2v) is 4.51. The molecule has 0 saturated heterocycles. The summed E-state index contributed by atoms with van der Waals surface area (Å²) in [6.07, 6.45) is 7.09. The molecular formula is C16H20NO+. The molecule has 0 bridgehead atoms. The maximum atomic E-state index is 8.79. The molecule has 0 radical (unpaired) electrons. The summed E-state index contributed by atoms with van der Waals surface area (Å²) in [5, 5.41) is 8.79. The minimum absolute atomic E-state index is 0.267. The molecule has 1 heterocycles. The lowest BCUT2D eigenvalue weighted by Gasteiger charge is -2.00. The molecule has 0 atom stereocenters. The predicted molar refractivity (Wildman–Crippen MR) is 72.2 cm³/mol. The van der Waals surface area contributed by atoms with Gasteiger partial charge < -0.3 is 5.11 Å². The molecular weight excluding hydrogens is 222 g/mol. The van der Waals surface area contributed by atoms with Crippen LogP contribution in [0.3, 0.4) is 0 Å². The third-order valence-corrected chi connectivity index (χ3v) is 3.09. The summed E-state index contributed by atoms with van der Waals surface area (Å²) in [5.74, 6) is 0. The lowest BCUT2D eigenvalue weighted by atomic mass is 10.1. The van der Waals surface area contributed by atoms with Crippen molar-refractivity contribution >= 4 is 0 Å². The SMILES string of the molecule is OCCCc1cc[n+](CCc2ccccc2)cc1. The molecule has 0 spiro atoms. The Hall–Kier alpha value is -1.67. The van der Waals surface area contributed by atoms with E-state index in [0.29, 0.717) is 0 Å². The highest BCUT2D eigenvalue weighted by molar-refractivity contribution is 5.14. The highest BCUT2D eigenvalue weighted by Gasteiger charge is 2.01. The number of aliphatic hydroxyl groups is 1. The third kappa shape index (κ3) is 3.97. The van der Waals surface area contributed by atoms with Crippen molar-refractivity contribution in [3.63, 3.8) is 0 Å². The number of aryl methyl sites for hydroxylation is 3. The van der Waals surface area contributed by atoms with Gasteiger partial charge in [-0.3, -0.25) is 0 Å². The van der Waals surface area contributed by atoms with Crippen LogP contribution >= 0.6 is 0 Å². The Bertz CT molecular complexity index is 450. The Morgan fingerprint density at radius 3 is 2.17 bits per heavy atom. The van der Waals surface area contributed by atoms with E-state index in [1.54, 1.807) is 0 Å². The van der Waals surface area contributed by atoms with Gasteiger partial charge >= 0.3 is 0 Å². The van der Waals surface area contributed by atoms with Crippen LogP contribution in [-0.2, 0) is 19.4 Å². The monoisotopic (exact) mass is 242 g/mol. The molecule has 2 aromatic rings. The molecule has 0 fully saturated rings. The maximum absolute atomic E-state index is 8.79. The Kier molecular flexibility index (Phi) is 4.91. The van der Waals surface area contributed by atoms with Crippen molar-refractivity contribution in [2.75, 3.05) is 6.61 Å². The van der Waals surface area contributed by atoms with Gasteiger partial charge in [0.2, 0.25) is 0 Å². The molecule has 2 heteroatoms. The quantitative estimate of drug-likeness (QED) is 0.771. The molecule has 94 valence electrons. The summed E-state index contributed by atoms with van der Waals surface area (Å²) in [4.78, 5) is 0. The van der Waals surface area contributed by atoms with Gasteiger partial charge in [0, 0.05) is 25.2 Å². The highest BCUT2D eigenvalue weighted by atomic mass is 16.2. The second kappa shape index (κ2) is 6.92. The molecule has 2 nitrogen and oxygen atoms in total. The number of benzene rings is 1. The first-order valence-electron chi connectivity index (χ1n) is 6.51. The fourth-order valence-corrected chi connectivity index (χ4v) is 1.99. The van der Waals surface area contributed by atoms with Crippen LogP contribution in [0, 0.1) is 0 Å². The third-order valence-electron chi connectivity index (χ3n) is 3.09. The first kappa shape index (κ1) is 12.8. The molecule has 2 rings (SSSR count). The smallest absolute Gasteiger partial charge is 0.169 e. The van der Waals surface area contributed by atoms with E-state index in [-0.39, 0.29) is 6.61 Å². The summed E-state index contributed by atoms with van der Waals surface area (Å²) in [5.41, 5.74) is 2.66. The lowest BCUT2D eigenvalue weighted by molar-refractivity contribution is -0.696. The summed E-state index contributed by atoms with van der Waals surface area (Å²) in [6.45, 7) is 1.27. The van der Waals surface area contributed by atoms with Crippen molar-refractivity contribution in [3.8, 4) is 0 Å². The van der Waals surface area contributed by atoms with Gasteiger partial charge in [-0.05, 0) is 24.0 Å². The first-order chi connectivity index (χ1) is 8.88. The van der Waals surface area contributed by atoms with Crippen molar-refractivity contribution in [1.82, 2.24) is 0 Å². The lowest BCUT2D eigenvalue weighted by Crippen LogP contribution is -2.33. The summed E-state index contributed by atoms with van der Waals surface area (Å²) in [7, 11) is 0. The van der Waals surface area contributed by atoms with Gasteiger partial charge in [-0.15, -0.1) is 0 Å². The molecule has 0 aliphatic rings. The highest BCUT2D eigenvalue weighted by Crippen LogP contribution is 2.01. The van der Waals surface area contributed by atoms with Gasteiger partial charge in [0.25, 0.3) is 0 Å². The minimum atomic E-state index is 0.267. The summed E-state index contributed by atoms with van der Waals surface area (Å²) in [6, 6.07) is 14.8. The van der Waals surface area contributed by atoms with E-state index < -0.39 is 0 Å². The fraction of sp³-hybridized carbons (Fsp3) is 0.312. The van der Waals surface area contributed by atoms with Crippen LogP contribution in [-0.4, -0.2) is 11.7 Å². The Morgan fingerprint density at radius 2 is 1.50 bits per heavy atom. The van der Waals surface area contributed by atoms with Gasteiger partial charge in [-0.25, -0.2) is 4.57 Å². The van der Waals surface area contributed by atoms with E-state index in [4.69, 9.17) is 5.11 Å². The van der Waals surface area contributed by atoms with E-state index in [1.165, 1.54) is 11.1 Å². The number of hydrogen-bond acceptors (Lipinski definition) is 1. The van der Waals surface area contributed by atoms with E-state index in [1.807, 2.05) is 6.07 Å². The number of rotatable bonds is 6. The maximum Gasteiger partial charge on any atom is 0.169 e. The van der Waals surface area contributed by atoms with Crippen LogP contribution in [0.25, 0.3) is 0 Å². The molecule has 18 heavy (non-hydrogen) atoms. The average molecular weight is 242 g/mol.